The quantitative estimate of drug-likeness (QED) is 0.786. The minimum Gasteiger partial charge on any atom is -0.366 e. The summed E-state index contributed by atoms with van der Waals surface area (Å²) in [7, 11) is 0. The van der Waals surface area contributed by atoms with Crippen LogP contribution in [0, 0.1) is 0 Å². The molecule has 6 heteroatoms. The van der Waals surface area contributed by atoms with Crippen molar-refractivity contribution in [2.75, 3.05) is 32.5 Å². The van der Waals surface area contributed by atoms with Gasteiger partial charge in [-0.15, -0.1) is 12.4 Å². The van der Waals surface area contributed by atoms with Gasteiger partial charge in [0.15, 0.2) is 0 Å². The van der Waals surface area contributed by atoms with Crippen LogP contribution >= 0.6 is 24.2 Å². The summed E-state index contributed by atoms with van der Waals surface area (Å²) in [4.78, 5) is 11.7. The van der Waals surface area contributed by atoms with Gasteiger partial charge in [-0.2, -0.15) is 11.8 Å². The number of morpholine rings is 1. The summed E-state index contributed by atoms with van der Waals surface area (Å²) < 4.78 is 5.44. The second-order valence-corrected chi connectivity index (χ2v) is 5.76. The molecule has 1 fully saturated rings. The van der Waals surface area contributed by atoms with Crippen molar-refractivity contribution < 1.29 is 9.53 Å². The molecule has 1 aliphatic rings. The van der Waals surface area contributed by atoms with Crippen molar-refractivity contribution in [2.24, 2.45) is 0 Å². The van der Waals surface area contributed by atoms with Crippen molar-refractivity contribution >= 4 is 30.1 Å². The van der Waals surface area contributed by atoms with Gasteiger partial charge in [0, 0.05) is 24.4 Å². The summed E-state index contributed by atoms with van der Waals surface area (Å²) in [6, 6.07) is 0. The first-order valence-corrected chi connectivity index (χ1v) is 6.43. The van der Waals surface area contributed by atoms with Gasteiger partial charge >= 0.3 is 0 Å². The third-order valence-corrected chi connectivity index (χ3v) is 3.71. The number of amides is 1. The SMILES string of the molecule is CSC(C)(C)CNC(=O)[C@@H]1CNCCO1.Cl. The van der Waals surface area contributed by atoms with Crippen LogP contribution in [0.4, 0.5) is 0 Å². The summed E-state index contributed by atoms with van der Waals surface area (Å²) in [5, 5.41) is 6.05. The molecule has 16 heavy (non-hydrogen) atoms. The second kappa shape index (κ2) is 7.37. The summed E-state index contributed by atoms with van der Waals surface area (Å²) >= 11 is 1.74. The van der Waals surface area contributed by atoms with Gasteiger partial charge in [0.2, 0.25) is 0 Å². The second-order valence-electron chi connectivity index (χ2n) is 4.25. The number of rotatable bonds is 4. The molecule has 2 N–H and O–H groups in total. The average molecular weight is 269 g/mol. The maximum Gasteiger partial charge on any atom is 0.250 e. The van der Waals surface area contributed by atoms with E-state index in [9.17, 15) is 4.79 Å². The van der Waals surface area contributed by atoms with Gasteiger partial charge in [0.25, 0.3) is 5.91 Å². The highest BCUT2D eigenvalue weighted by atomic mass is 35.5. The van der Waals surface area contributed by atoms with Crippen molar-refractivity contribution in [1.29, 1.82) is 0 Å². The lowest BCUT2D eigenvalue weighted by Crippen LogP contribution is -2.49. The van der Waals surface area contributed by atoms with Crippen molar-refractivity contribution in [3.63, 3.8) is 0 Å². The van der Waals surface area contributed by atoms with E-state index in [-0.39, 0.29) is 29.2 Å². The van der Waals surface area contributed by atoms with Crippen LogP contribution in [0.3, 0.4) is 0 Å². The fraction of sp³-hybridized carbons (Fsp3) is 0.900. The number of carbonyl (C=O) groups excluding carboxylic acids is 1. The van der Waals surface area contributed by atoms with Crippen LogP contribution in [0.2, 0.25) is 0 Å². The van der Waals surface area contributed by atoms with Gasteiger partial charge in [-0.25, -0.2) is 0 Å². The summed E-state index contributed by atoms with van der Waals surface area (Å²) in [6.45, 7) is 6.96. The highest BCUT2D eigenvalue weighted by Gasteiger charge is 2.24. The molecular formula is C10H21ClN2O2S. The van der Waals surface area contributed by atoms with Gasteiger partial charge < -0.3 is 15.4 Å². The highest BCUT2D eigenvalue weighted by molar-refractivity contribution is 7.99. The van der Waals surface area contributed by atoms with Gasteiger partial charge in [0.1, 0.15) is 6.10 Å². The Kier molecular flexibility index (Phi) is 7.39. The lowest BCUT2D eigenvalue weighted by Gasteiger charge is -2.26. The molecule has 0 aromatic heterocycles. The van der Waals surface area contributed by atoms with Crippen LogP contribution in [-0.2, 0) is 9.53 Å². The van der Waals surface area contributed by atoms with Crippen LogP contribution in [0.1, 0.15) is 13.8 Å². The van der Waals surface area contributed by atoms with E-state index in [2.05, 4.69) is 24.5 Å². The van der Waals surface area contributed by atoms with Crippen molar-refractivity contribution in [2.45, 2.75) is 24.7 Å². The Balaban J connectivity index is 0.00000225. The van der Waals surface area contributed by atoms with E-state index < -0.39 is 0 Å². The maximum atomic E-state index is 11.7. The fourth-order valence-corrected chi connectivity index (χ4v) is 1.44. The largest absolute Gasteiger partial charge is 0.366 e. The maximum absolute atomic E-state index is 11.7. The standard InChI is InChI=1S/C10H20N2O2S.ClH/c1-10(2,15-3)7-12-9(13)8-6-11-4-5-14-8;/h8,11H,4-7H2,1-3H3,(H,12,13);1H/t8-;/m0./s1. The monoisotopic (exact) mass is 268 g/mol. The topological polar surface area (TPSA) is 50.4 Å². The van der Waals surface area contributed by atoms with Gasteiger partial charge in [-0.1, -0.05) is 0 Å². The number of hydrogen-bond acceptors (Lipinski definition) is 4. The molecule has 4 nitrogen and oxygen atoms in total. The molecule has 1 rings (SSSR count). The zero-order chi connectivity index (χ0) is 11.3. The summed E-state index contributed by atoms with van der Waals surface area (Å²) in [5.41, 5.74) is 0. The summed E-state index contributed by atoms with van der Waals surface area (Å²) in [5.74, 6) is -0.00988. The predicted molar refractivity (Wildman–Crippen MR) is 70.5 cm³/mol. The summed E-state index contributed by atoms with van der Waals surface area (Å²) in [6.07, 6.45) is 1.72. The number of halogens is 1. The number of thioether (sulfide) groups is 1. The normalized spacial score (nSPS) is 21.1. The number of carbonyl (C=O) groups is 1. The van der Waals surface area contributed by atoms with Crippen molar-refractivity contribution in [1.82, 2.24) is 10.6 Å². The first-order chi connectivity index (χ1) is 7.05. The van der Waals surface area contributed by atoms with E-state index in [1.54, 1.807) is 11.8 Å². The molecule has 0 unspecified atom stereocenters. The van der Waals surface area contributed by atoms with E-state index in [1.807, 2.05) is 6.26 Å². The molecule has 0 aliphatic carbocycles. The van der Waals surface area contributed by atoms with Gasteiger partial charge in [0.05, 0.1) is 6.61 Å². The van der Waals surface area contributed by atoms with Crippen molar-refractivity contribution in [3.8, 4) is 0 Å². The van der Waals surface area contributed by atoms with E-state index >= 15 is 0 Å². The smallest absolute Gasteiger partial charge is 0.250 e. The molecule has 0 saturated carbocycles. The third kappa shape index (κ3) is 5.39. The molecule has 96 valence electrons. The Bertz CT molecular complexity index is 221. The number of ether oxygens (including phenoxy) is 1. The molecule has 1 atom stereocenters. The molecule has 1 aliphatic heterocycles. The van der Waals surface area contributed by atoms with Crippen LogP contribution in [0.15, 0.2) is 0 Å². The van der Waals surface area contributed by atoms with Crippen molar-refractivity contribution in [3.05, 3.63) is 0 Å². The Morgan fingerprint density at radius 1 is 1.62 bits per heavy atom. The zero-order valence-electron chi connectivity index (χ0n) is 10.0. The van der Waals surface area contributed by atoms with Crippen LogP contribution in [0.25, 0.3) is 0 Å². The first kappa shape index (κ1) is 16.0. The Morgan fingerprint density at radius 2 is 2.31 bits per heavy atom. The number of nitrogens with one attached hydrogen (secondary N) is 2. The van der Waals surface area contributed by atoms with E-state index in [0.717, 1.165) is 6.54 Å². The minimum atomic E-state index is -0.323. The molecule has 0 bridgehead atoms. The Hall–Kier alpha value is 0.0300. The van der Waals surface area contributed by atoms with Crippen LogP contribution < -0.4 is 10.6 Å². The number of hydrogen-bond donors (Lipinski definition) is 2. The van der Waals surface area contributed by atoms with Crippen LogP contribution in [0.5, 0.6) is 0 Å². The molecule has 0 radical (unpaired) electrons. The van der Waals surface area contributed by atoms with Gasteiger partial charge in [-0.05, 0) is 20.1 Å². The fourth-order valence-electron chi connectivity index (χ4n) is 1.22. The van der Waals surface area contributed by atoms with Crippen LogP contribution in [-0.4, -0.2) is 49.3 Å². The highest BCUT2D eigenvalue weighted by Crippen LogP contribution is 2.19. The molecule has 1 saturated heterocycles. The molecule has 1 heterocycles. The van der Waals surface area contributed by atoms with E-state index in [4.69, 9.17) is 4.74 Å². The zero-order valence-corrected chi connectivity index (χ0v) is 11.7. The Morgan fingerprint density at radius 3 is 2.81 bits per heavy atom. The molecular weight excluding hydrogens is 248 g/mol. The molecule has 1 amide bonds. The Labute approximate surface area is 108 Å². The first-order valence-electron chi connectivity index (χ1n) is 5.20. The van der Waals surface area contributed by atoms with E-state index in [0.29, 0.717) is 19.7 Å². The molecule has 0 spiro atoms. The van der Waals surface area contributed by atoms with E-state index in [1.165, 1.54) is 0 Å². The third-order valence-electron chi connectivity index (χ3n) is 2.46. The van der Waals surface area contributed by atoms with Gasteiger partial charge in [-0.3, -0.25) is 4.79 Å². The predicted octanol–water partition coefficient (Wildman–Crippen LogP) is 0.654. The lowest BCUT2D eigenvalue weighted by atomic mass is 10.2. The lowest BCUT2D eigenvalue weighted by molar-refractivity contribution is -0.134. The average Bonchev–Trinajstić information content (AvgIpc) is 2.27. The molecule has 0 aromatic carbocycles. The molecule has 0 aromatic rings. The minimum absolute atomic E-state index is 0.